The van der Waals surface area contributed by atoms with E-state index in [0.29, 0.717) is 12.8 Å². The molecule has 1 amide bonds. The first-order chi connectivity index (χ1) is 10.7. The van der Waals surface area contributed by atoms with E-state index in [1.165, 1.54) is 12.3 Å². The van der Waals surface area contributed by atoms with Gasteiger partial charge in [-0.15, -0.1) is 0 Å². The predicted octanol–water partition coefficient (Wildman–Crippen LogP) is 1.85. The fourth-order valence-corrected chi connectivity index (χ4v) is 3.99. The Morgan fingerprint density at radius 3 is 2.57 bits per heavy atom. The molecule has 2 fully saturated rings. The Bertz CT molecular complexity index is 734. The summed E-state index contributed by atoms with van der Waals surface area (Å²) < 4.78 is 4.95. The minimum atomic E-state index is -1.38. The van der Waals surface area contributed by atoms with Gasteiger partial charge in [-0.1, -0.05) is 20.8 Å². The third-order valence-electron chi connectivity index (χ3n) is 5.95. The van der Waals surface area contributed by atoms with Crippen LogP contribution in [0.1, 0.15) is 44.2 Å². The maximum Gasteiger partial charge on any atom is 0.316 e. The summed E-state index contributed by atoms with van der Waals surface area (Å²) in [5.74, 6) is -1.97. The topological polar surface area (TPSA) is 109 Å². The van der Waals surface area contributed by atoms with Gasteiger partial charge in [-0.3, -0.25) is 14.4 Å². The first kappa shape index (κ1) is 15.5. The number of Topliss-reactive ketones (excluding diaryl/α,β-unsaturated/α-hetero) is 1. The van der Waals surface area contributed by atoms with Crippen LogP contribution in [-0.2, 0) is 9.59 Å². The second-order valence-electron chi connectivity index (χ2n) is 6.88. The minimum Gasteiger partial charge on any atom is -0.481 e. The molecule has 0 saturated heterocycles. The Morgan fingerprint density at radius 2 is 2.00 bits per heavy atom. The molecule has 7 heteroatoms. The van der Waals surface area contributed by atoms with Gasteiger partial charge in [0.05, 0.1) is 6.26 Å². The van der Waals surface area contributed by atoms with Crippen LogP contribution in [0.5, 0.6) is 0 Å². The fraction of sp³-hybridized carbons (Fsp3) is 0.500. The van der Waals surface area contributed by atoms with Gasteiger partial charge in [-0.2, -0.15) is 5.10 Å². The smallest absolute Gasteiger partial charge is 0.316 e. The zero-order valence-electron chi connectivity index (χ0n) is 13.2. The van der Waals surface area contributed by atoms with Crippen molar-refractivity contribution in [2.45, 2.75) is 33.6 Å². The van der Waals surface area contributed by atoms with Crippen molar-refractivity contribution in [1.82, 2.24) is 5.43 Å². The first-order valence-electron chi connectivity index (χ1n) is 7.39. The number of ketones is 1. The van der Waals surface area contributed by atoms with Crippen molar-refractivity contribution in [1.29, 1.82) is 0 Å². The molecule has 0 unspecified atom stereocenters. The van der Waals surface area contributed by atoms with E-state index in [-0.39, 0.29) is 17.3 Å². The van der Waals surface area contributed by atoms with E-state index < -0.39 is 28.1 Å². The Labute approximate surface area is 132 Å². The summed E-state index contributed by atoms with van der Waals surface area (Å²) in [7, 11) is 0. The molecule has 3 rings (SSSR count). The van der Waals surface area contributed by atoms with Gasteiger partial charge in [-0.05, 0) is 30.4 Å². The number of rotatable bonds is 3. The Balaban J connectivity index is 2.02. The van der Waals surface area contributed by atoms with Crippen molar-refractivity contribution in [3.8, 4) is 0 Å². The summed E-state index contributed by atoms with van der Waals surface area (Å²) in [5.41, 5.74) is -0.784. The number of hydrazone groups is 1. The number of carboxylic acid groups (broad SMARTS) is 1. The second kappa shape index (κ2) is 4.53. The highest BCUT2D eigenvalue weighted by Gasteiger charge is 2.77. The molecular weight excluding hydrogens is 300 g/mol. The Kier molecular flexibility index (Phi) is 3.05. The lowest BCUT2D eigenvalue weighted by Crippen LogP contribution is -2.45. The van der Waals surface area contributed by atoms with Gasteiger partial charge in [0.1, 0.15) is 11.1 Å². The SMILES string of the molecule is CC1(C)[C@@]2(C)CC[C@]1(C(=O)O)/C(=N/NC(=O)c1ccco1)C2=O. The number of amides is 1. The molecule has 23 heavy (non-hydrogen) atoms. The van der Waals surface area contributed by atoms with E-state index in [1.807, 2.05) is 0 Å². The number of fused-ring (bicyclic) bond motifs is 2. The number of carbonyl (C=O) groups is 3. The zero-order valence-corrected chi connectivity index (χ0v) is 13.2. The van der Waals surface area contributed by atoms with Crippen LogP contribution in [0.4, 0.5) is 0 Å². The molecule has 1 aromatic heterocycles. The Morgan fingerprint density at radius 1 is 1.30 bits per heavy atom. The van der Waals surface area contributed by atoms with Crippen molar-refractivity contribution in [3.05, 3.63) is 24.2 Å². The van der Waals surface area contributed by atoms with Crippen molar-refractivity contribution in [2.24, 2.45) is 21.3 Å². The minimum absolute atomic E-state index is 0.0415. The third kappa shape index (κ3) is 1.64. The van der Waals surface area contributed by atoms with Crippen LogP contribution in [0.2, 0.25) is 0 Å². The maximum absolute atomic E-state index is 12.7. The van der Waals surface area contributed by atoms with Crippen LogP contribution in [0, 0.1) is 16.2 Å². The molecule has 2 N–H and O–H groups in total. The molecule has 1 aromatic rings. The average Bonchev–Trinajstić information content (AvgIpc) is 3.10. The lowest BCUT2D eigenvalue weighted by molar-refractivity contribution is -0.149. The molecule has 2 saturated carbocycles. The molecular formula is C16H18N2O5. The lowest BCUT2D eigenvalue weighted by Gasteiger charge is -2.36. The number of hydrogen-bond acceptors (Lipinski definition) is 5. The largest absolute Gasteiger partial charge is 0.481 e. The van der Waals surface area contributed by atoms with E-state index in [1.54, 1.807) is 26.8 Å². The molecule has 122 valence electrons. The monoisotopic (exact) mass is 318 g/mol. The average molecular weight is 318 g/mol. The van der Waals surface area contributed by atoms with Gasteiger partial charge in [-0.25, -0.2) is 5.43 Å². The van der Waals surface area contributed by atoms with Crippen molar-refractivity contribution in [3.63, 3.8) is 0 Å². The number of carbonyl (C=O) groups excluding carboxylic acids is 2. The number of nitrogens with zero attached hydrogens (tertiary/aromatic N) is 1. The van der Waals surface area contributed by atoms with E-state index in [4.69, 9.17) is 4.42 Å². The molecule has 2 aliphatic rings. The summed E-state index contributed by atoms with van der Waals surface area (Å²) in [6, 6.07) is 3.00. The third-order valence-corrected chi connectivity index (χ3v) is 5.95. The molecule has 7 nitrogen and oxygen atoms in total. The predicted molar refractivity (Wildman–Crippen MR) is 79.8 cm³/mol. The van der Waals surface area contributed by atoms with E-state index in [2.05, 4.69) is 10.5 Å². The normalized spacial score (nSPS) is 33.2. The zero-order chi connectivity index (χ0) is 17.0. The summed E-state index contributed by atoms with van der Waals surface area (Å²) in [4.78, 5) is 36.7. The summed E-state index contributed by atoms with van der Waals surface area (Å²) in [5, 5.41) is 13.7. The van der Waals surface area contributed by atoms with Gasteiger partial charge < -0.3 is 9.52 Å². The molecule has 2 bridgehead atoms. The van der Waals surface area contributed by atoms with Crippen LogP contribution >= 0.6 is 0 Å². The highest BCUT2D eigenvalue weighted by Crippen LogP contribution is 2.69. The van der Waals surface area contributed by atoms with Crippen LogP contribution in [0.25, 0.3) is 0 Å². The van der Waals surface area contributed by atoms with Gasteiger partial charge in [0.15, 0.2) is 11.5 Å². The van der Waals surface area contributed by atoms with Crippen molar-refractivity contribution in [2.75, 3.05) is 0 Å². The van der Waals surface area contributed by atoms with Gasteiger partial charge in [0, 0.05) is 5.41 Å². The molecule has 1 heterocycles. The van der Waals surface area contributed by atoms with Crippen LogP contribution in [0.15, 0.2) is 27.9 Å². The van der Waals surface area contributed by atoms with E-state index >= 15 is 0 Å². The van der Waals surface area contributed by atoms with Crippen molar-refractivity contribution >= 4 is 23.4 Å². The number of carboxylic acids is 1. The summed E-state index contributed by atoms with van der Waals surface area (Å²) in [6.07, 6.45) is 2.16. The van der Waals surface area contributed by atoms with Gasteiger partial charge in [0.25, 0.3) is 0 Å². The van der Waals surface area contributed by atoms with E-state index in [9.17, 15) is 19.5 Å². The van der Waals surface area contributed by atoms with Gasteiger partial charge >= 0.3 is 11.9 Å². The summed E-state index contributed by atoms with van der Waals surface area (Å²) >= 11 is 0. The van der Waals surface area contributed by atoms with E-state index in [0.717, 1.165) is 0 Å². The first-order valence-corrected chi connectivity index (χ1v) is 7.39. The van der Waals surface area contributed by atoms with Crippen LogP contribution in [0.3, 0.4) is 0 Å². The lowest BCUT2D eigenvalue weighted by atomic mass is 9.65. The van der Waals surface area contributed by atoms with Crippen LogP contribution in [-0.4, -0.2) is 28.5 Å². The van der Waals surface area contributed by atoms with Crippen molar-refractivity contribution < 1.29 is 23.9 Å². The molecule has 0 spiro atoms. The van der Waals surface area contributed by atoms with Gasteiger partial charge in [0.2, 0.25) is 0 Å². The number of nitrogens with one attached hydrogen (secondary N) is 1. The molecule has 2 atom stereocenters. The number of aliphatic carboxylic acids is 1. The maximum atomic E-state index is 12.7. The second-order valence-corrected chi connectivity index (χ2v) is 6.88. The standard InChI is InChI=1S/C16H18N2O5/c1-14(2)15(3)6-7-16(14,13(21)22)10(11(15)19)17-18-12(20)9-5-4-8-23-9/h4-5,8H,6-7H2,1-3H3,(H,18,20)(H,21,22)/b17-10+/t15-,16+/m0/s1. The highest BCUT2D eigenvalue weighted by atomic mass is 16.4. The number of furan rings is 1. The molecule has 2 aliphatic carbocycles. The molecule has 0 radical (unpaired) electrons. The quantitative estimate of drug-likeness (QED) is 0.827. The highest BCUT2D eigenvalue weighted by molar-refractivity contribution is 6.50. The molecule has 0 aromatic carbocycles. The Hall–Kier alpha value is -2.44. The summed E-state index contributed by atoms with van der Waals surface area (Å²) in [6.45, 7) is 5.34. The van der Waals surface area contributed by atoms with Crippen LogP contribution < -0.4 is 5.43 Å². The number of hydrogen-bond donors (Lipinski definition) is 2. The molecule has 0 aliphatic heterocycles. The fourth-order valence-electron chi connectivity index (χ4n) is 3.99.